The van der Waals surface area contributed by atoms with Crippen molar-refractivity contribution < 1.29 is 4.79 Å². The first-order valence-electron chi connectivity index (χ1n) is 5.19. The molecule has 2 nitrogen and oxygen atoms in total. The van der Waals surface area contributed by atoms with E-state index in [2.05, 4.69) is 17.9 Å². The Kier molecular flexibility index (Phi) is 1.49. The molecule has 0 saturated heterocycles. The van der Waals surface area contributed by atoms with E-state index in [1.54, 1.807) is 0 Å². The molecule has 1 aromatic rings. The molecule has 2 heterocycles. The Bertz CT molecular complexity index is 411. The molecule has 0 spiro atoms. The maximum atomic E-state index is 11.8. The summed E-state index contributed by atoms with van der Waals surface area (Å²) in [4.78, 5) is 14.2. The first-order chi connectivity index (χ1) is 6.77. The molecule has 0 bridgehead atoms. The second-order valence-corrected chi connectivity index (χ2v) is 4.23. The molecule has 0 fully saturated rings. The summed E-state index contributed by atoms with van der Waals surface area (Å²) in [6.45, 7) is 3.23. The van der Waals surface area contributed by atoms with E-state index in [0.717, 1.165) is 18.5 Å². The molecule has 2 heteroatoms. The highest BCUT2D eigenvalue weighted by molar-refractivity contribution is 6.04. The van der Waals surface area contributed by atoms with E-state index < -0.39 is 0 Å². The number of ketones is 1. The van der Waals surface area contributed by atoms with Crippen LogP contribution in [-0.4, -0.2) is 18.4 Å². The maximum absolute atomic E-state index is 11.8. The van der Waals surface area contributed by atoms with Gasteiger partial charge in [0, 0.05) is 24.6 Å². The second kappa shape index (κ2) is 2.59. The summed E-state index contributed by atoms with van der Waals surface area (Å²) in [5, 5.41) is 0. The van der Waals surface area contributed by atoms with Gasteiger partial charge < -0.3 is 4.90 Å². The Balaban J connectivity index is 2.25. The highest BCUT2D eigenvalue weighted by atomic mass is 16.1. The van der Waals surface area contributed by atoms with Crippen LogP contribution in [0.5, 0.6) is 0 Å². The van der Waals surface area contributed by atoms with Crippen LogP contribution >= 0.6 is 0 Å². The molecule has 2 aliphatic heterocycles. The van der Waals surface area contributed by atoms with Crippen molar-refractivity contribution in [3.8, 4) is 0 Å². The van der Waals surface area contributed by atoms with Crippen molar-refractivity contribution in [2.24, 2.45) is 0 Å². The number of carbonyl (C=O) groups excluding carboxylic acids is 1. The Hall–Kier alpha value is -1.31. The van der Waals surface area contributed by atoms with Crippen molar-refractivity contribution in [3.05, 3.63) is 29.3 Å². The summed E-state index contributed by atoms with van der Waals surface area (Å²) >= 11 is 0. The Morgan fingerprint density at radius 3 is 3.14 bits per heavy atom. The van der Waals surface area contributed by atoms with Crippen molar-refractivity contribution >= 4 is 11.5 Å². The van der Waals surface area contributed by atoms with Crippen LogP contribution in [0.25, 0.3) is 0 Å². The van der Waals surface area contributed by atoms with Gasteiger partial charge in [0.25, 0.3) is 0 Å². The fourth-order valence-electron chi connectivity index (χ4n) is 2.64. The number of para-hydroxylation sites is 1. The summed E-state index contributed by atoms with van der Waals surface area (Å²) in [5.74, 6) is 0.313. The zero-order valence-corrected chi connectivity index (χ0v) is 8.29. The Morgan fingerprint density at radius 1 is 1.43 bits per heavy atom. The lowest BCUT2D eigenvalue weighted by Gasteiger charge is -2.32. The third kappa shape index (κ3) is 0.884. The van der Waals surface area contributed by atoms with Gasteiger partial charge in [-0.3, -0.25) is 4.79 Å². The van der Waals surface area contributed by atoms with E-state index in [1.165, 1.54) is 11.3 Å². The van der Waals surface area contributed by atoms with Gasteiger partial charge >= 0.3 is 0 Å². The third-order valence-electron chi connectivity index (χ3n) is 3.34. The molecule has 0 aromatic heterocycles. The van der Waals surface area contributed by atoms with E-state index in [9.17, 15) is 4.79 Å². The van der Waals surface area contributed by atoms with E-state index in [-0.39, 0.29) is 0 Å². The molecule has 1 aromatic carbocycles. The Morgan fingerprint density at radius 2 is 2.29 bits per heavy atom. The van der Waals surface area contributed by atoms with Gasteiger partial charge in [-0.15, -0.1) is 0 Å². The first-order valence-corrected chi connectivity index (χ1v) is 5.19. The Labute approximate surface area is 83.5 Å². The summed E-state index contributed by atoms with van der Waals surface area (Å²) in [7, 11) is 0. The number of Topliss-reactive ketones (excluding diaryl/α,β-unsaturated/α-hetero) is 1. The lowest BCUT2D eigenvalue weighted by Crippen LogP contribution is -2.37. The molecule has 2 aliphatic rings. The van der Waals surface area contributed by atoms with Crippen molar-refractivity contribution in [2.75, 3.05) is 11.4 Å². The monoisotopic (exact) mass is 187 g/mol. The maximum Gasteiger partial charge on any atom is 0.167 e. The average Bonchev–Trinajstić information content (AvgIpc) is 2.59. The quantitative estimate of drug-likeness (QED) is 0.619. The predicted octanol–water partition coefficient (Wildman–Crippen LogP) is 2.02. The van der Waals surface area contributed by atoms with Gasteiger partial charge in [0.05, 0.1) is 5.69 Å². The van der Waals surface area contributed by atoms with Crippen molar-refractivity contribution in [1.82, 2.24) is 0 Å². The van der Waals surface area contributed by atoms with E-state index in [0.29, 0.717) is 18.2 Å². The predicted molar refractivity (Wildman–Crippen MR) is 55.9 cm³/mol. The molecular formula is C12H13NO. The highest BCUT2D eigenvalue weighted by Gasteiger charge is 2.33. The fourth-order valence-corrected chi connectivity index (χ4v) is 2.64. The third-order valence-corrected chi connectivity index (χ3v) is 3.34. The zero-order valence-electron chi connectivity index (χ0n) is 8.29. The van der Waals surface area contributed by atoms with Crippen LogP contribution in [0.3, 0.4) is 0 Å². The molecule has 0 aliphatic carbocycles. The molecule has 0 saturated carbocycles. The molecular weight excluding hydrogens is 174 g/mol. The number of nitrogens with zero attached hydrogens (tertiary/aromatic N) is 1. The molecule has 0 radical (unpaired) electrons. The van der Waals surface area contributed by atoms with Crippen LogP contribution in [-0.2, 0) is 6.42 Å². The molecule has 3 rings (SSSR count). The number of carbonyl (C=O) groups is 1. The molecule has 0 N–H and O–H groups in total. The number of anilines is 1. The normalized spacial score (nSPS) is 23.9. The summed E-state index contributed by atoms with van der Waals surface area (Å²) < 4.78 is 0. The SMILES string of the molecule is CC1CC(=O)c2cccc3c2N1CC3. The van der Waals surface area contributed by atoms with Crippen LogP contribution < -0.4 is 4.90 Å². The number of hydrogen-bond acceptors (Lipinski definition) is 2. The van der Waals surface area contributed by atoms with Gasteiger partial charge in [-0.2, -0.15) is 0 Å². The van der Waals surface area contributed by atoms with Crippen LogP contribution in [0.15, 0.2) is 18.2 Å². The fraction of sp³-hybridized carbons (Fsp3) is 0.417. The molecule has 1 atom stereocenters. The van der Waals surface area contributed by atoms with Crippen molar-refractivity contribution in [1.29, 1.82) is 0 Å². The van der Waals surface area contributed by atoms with Crippen molar-refractivity contribution in [2.45, 2.75) is 25.8 Å². The second-order valence-electron chi connectivity index (χ2n) is 4.23. The van der Waals surface area contributed by atoms with Crippen LogP contribution in [0.2, 0.25) is 0 Å². The number of hydrogen-bond donors (Lipinski definition) is 0. The lowest BCUT2D eigenvalue weighted by molar-refractivity contribution is 0.0969. The summed E-state index contributed by atoms with van der Waals surface area (Å²) in [5.41, 5.74) is 3.51. The van der Waals surface area contributed by atoms with E-state index in [4.69, 9.17) is 0 Å². The van der Waals surface area contributed by atoms with Gasteiger partial charge in [-0.1, -0.05) is 12.1 Å². The zero-order chi connectivity index (χ0) is 9.71. The van der Waals surface area contributed by atoms with Gasteiger partial charge in [-0.05, 0) is 25.0 Å². The average molecular weight is 187 g/mol. The standard InChI is InChI=1S/C12H13NO/c1-8-7-11(14)10-4-2-3-9-5-6-13(8)12(9)10/h2-4,8H,5-7H2,1H3. The van der Waals surface area contributed by atoms with E-state index in [1.807, 2.05) is 12.1 Å². The molecule has 0 amide bonds. The van der Waals surface area contributed by atoms with Crippen LogP contribution in [0, 0.1) is 0 Å². The minimum atomic E-state index is 0.313. The smallest absolute Gasteiger partial charge is 0.167 e. The minimum absolute atomic E-state index is 0.313. The van der Waals surface area contributed by atoms with E-state index >= 15 is 0 Å². The first kappa shape index (κ1) is 8.04. The van der Waals surface area contributed by atoms with Gasteiger partial charge in [0.15, 0.2) is 5.78 Å². The largest absolute Gasteiger partial charge is 0.367 e. The topological polar surface area (TPSA) is 20.3 Å². The van der Waals surface area contributed by atoms with Gasteiger partial charge in [0.2, 0.25) is 0 Å². The summed E-state index contributed by atoms with van der Waals surface area (Å²) in [6, 6.07) is 6.50. The summed E-state index contributed by atoms with van der Waals surface area (Å²) in [6.07, 6.45) is 1.78. The number of benzene rings is 1. The van der Waals surface area contributed by atoms with Crippen molar-refractivity contribution in [3.63, 3.8) is 0 Å². The minimum Gasteiger partial charge on any atom is -0.367 e. The van der Waals surface area contributed by atoms with Crippen LogP contribution in [0.1, 0.15) is 29.3 Å². The lowest BCUT2D eigenvalue weighted by atomic mass is 9.95. The molecule has 1 unspecified atom stereocenters. The van der Waals surface area contributed by atoms with Gasteiger partial charge in [-0.25, -0.2) is 0 Å². The molecule has 14 heavy (non-hydrogen) atoms. The number of rotatable bonds is 0. The van der Waals surface area contributed by atoms with Crippen LogP contribution in [0.4, 0.5) is 5.69 Å². The van der Waals surface area contributed by atoms with Gasteiger partial charge in [0.1, 0.15) is 0 Å². The highest BCUT2D eigenvalue weighted by Crippen LogP contribution is 2.38. The molecule has 72 valence electrons.